The van der Waals surface area contributed by atoms with Gasteiger partial charge in [0.2, 0.25) is 0 Å². The Labute approximate surface area is 86.9 Å². The molecule has 0 amide bonds. The Morgan fingerprint density at radius 3 is 2.58 bits per heavy atom. The first-order valence-corrected chi connectivity index (χ1v) is 5.38. The van der Waals surface area contributed by atoms with Crippen molar-refractivity contribution in [1.82, 2.24) is 4.90 Å². The van der Waals surface area contributed by atoms with Gasteiger partial charge in [-0.2, -0.15) is 0 Å². The second-order valence-electron chi connectivity index (χ2n) is 2.68. The molecule has 0 saturated carbocycles. The molecule has 1 aromatic heterocycles. The van der Waals surface area contributed by atoms with E-state index in [4.69, 9.17) is 23.2 Å². The fourth-order valence-corrected chi connectivity index (χ4v) is 2.10. The maximum Gasteiger partial charge on any atom is 0.112 e. The van der Waals surface area contributed by atoms with Crippen molar-refractivity contribution >= 4 is 34.5 Å². The van der Waals surface area contributed by atoms with E-state index >= 15 is 0 Å². The Bertz CT molecular complexity index is 260. The van der Waals surface area contributed by atoms with E-state index < -0.39 is 0 Å². The third-order valence-electron chi connectivity index (χ3n) is 1.74. The first kappa shape index (κ1) is 10.3. The molecular weight excluding hydrogens is 213 g/mol. The molecule has 0 bridgehead atoms. The van der Waals surface area contributed by atoms with Gasteiger partial charge in [0.05, 0.1) is 5.02 Å². The van der Waals surface area contributed by atoms with Crippen LogP contribution in [0.4, 0.5) is 0 Å². The summed E-state index contributed by atoms with van der Waals surface area (Å²) >= 11 is 13.3. The Morgan fingerprint density at radius 2 is 2.17 bits per heavy atom. The van der Waals surface area contributed by atoms with Gasteiger partial charge in [0.15, 0.2) is 0 Å². The topological polar surface area (TPSA) is 3.24 Å². The zero-order valence-electron chi connectivity index (χ0n) is 7.10. The normalized spacial score (nSPS) is 11.1. The van der Waals surface area contributed by atoms with Crippen molar-refractivity contribution in [3.05, 3.63) is 20.3 Å². The smallest absolute Gasteiger partial charge is 0.112 e. The molecule has 0 saturated heterocycles. The predicted octanol–water partition coefficient (Wildman–Crippen LogP) is 3.51. The molecule has 12 heavy (non-hydrogen) atoms. The van der Waals surface area contributed by atoms with E-state index in [1.165, 1.54) is 11.3 Å². The average Bonchev–Trinajstić information content (AvgIpc) is 2.36. The van der Waals surface area contributed by atoms with Crippen LogP contribution in [0.1, 0.15) is 12.5 Å². The zero-order valence-corrected chi connectivity index (χ0v) is 9.43. The third kappa shape index (κ3) is 2.36. The summed E-state index contributed by atoms with van der Waals surface area (Å²) in [5, 5.41) is 2.72. The van der Waals surface area contributed by atoms with Crippen LogP contribution in [0.2, 0.25) is 9.36 Å². The van der Waals surface area contributed by atoms with Crippen molar-refractivity contribution < 1.29 is 0 Å². The quantitative estimate of drug-likeness (QED) is 0.759. The van der Waals surface area contributed by atoms with E-state index in [2.05, 4.69) is 18.9 Å². The molecule has 1 heterocycles. The summed E-state index contributed by atoms with van der Waals surface area (Å²) in [5.74, 6) is 0. The molecular formula is C8H11Cl2NS. The predicted molar refractivity (Wildman–Crippen MR) is 56.3 cm³/mol. The molecule has 68 valence electrons. The summed E-state index contributed by atoms with van der Waals surface area (Å²) in [7, 11) is 2.06. The highest BCUT2D eigenvalue weighted by molar-refractivity contribution is 7.15. The molecule has 4 heteroatoms. The number of halogens is 2. The van der Waals surface area contributed by atoms with Crippen molar-refractivity contribution in [1.29, 1.82) is 0 Å². The second kappa shape index (κ2) is 4.47. The molecule has 0 fully saturated rings. The van der Waals surface area contributed by atoms with Crippen molar-refractivity contribution in [3.63, 3.8) is 0 Å². The fraction of sp³-hybridized carbons (Fsp3) is 0.500. The molecule has 0 unspecified atom stereocenters. The van der Waals surface area contributed by atoms with E-state index in [1.54, 1.807) is 0 Å². The van der Waals surface area contributed by atoms with Gasteiger partial charge in [-0.15, -0.1) is 11.3 Å². The first-order chi connectivity index (χ1) is 5.65. The van der Waals surface area contributed by atoms with Crippen molar-refractivity contribution in [2.45, 2.75) is 13.5 Å². The van der Waals surface area contributed by atoms with Crippen molar-refractivity contribution in [3.8, 4) is 0 Å². The highest BCUT2D eigenvalue weighted by Gasteiger charge is 2.08. The van der Waals surface area contributed by atoms with Gasteiger partial charge in [-0.25, -0.2) is 0 Å². The van der Waals surface area contributed by atoms with Crippen molar-refractivity contribution in [2.24, 2.45) is 0 Å². The zero-order chi connectivity index (χ0) is 9.14. The minimum absolute atomic E-state index is 0.691. The monoisotopic (exact) mass is 223 g/mol. The van der Waals surface area contributed by atoms with Crippen LogP contribution in [0.15, 0.2) is 5.38 Å². The lowest BCUT2D eigenvalue weighted by Gasteiger charge is -2.12. The molecule has 0 spiro atoms. The van der Waals surface area contributed by atoms with Crippen LogP contribution < -0.4 is 0 Å². The number of rotatable bonds is 3. The molecule has 1 rings (SSSR count). The summed E-state index contributed by atoms with van der Waals surface area (Å²) in [6.07, 6.45) is 0. The molecule has 1 aromatic rings. The number of thiophene rings is 1. The number of hydrogen-bond acceptors (Lipinski definition) is 2. The van der Waals surface area contributed by atoms with Crippen LogP contribution in [0.5, 0.6) is 0 Å². The summed E-state index contributed by atoms with van der Waals surface area (Å²) < 4.78 is 0.691. The maximum atomic E-state index is 5.96. The Hall–Kier alpha value is 0.240. The van der Waals surface area contributed by atoms with Gasteiger partial charge in [-0.1, -0.05) is 30.1 Å². The minimum Gasteiger partial charge on any atom is -0.302 e. The van der Waals surface area contributed by atoms with Gasteiger partial charge in [-0.3, -0.25) is 0 Å². The molecule has 0 aliphatic heterocycles. The largest absolute Gasteiger partial charge is 0.302 e. The Balaban J connectivity index is 2.69. The lowest BCUT2D eigenvalue weighted by atomic mass is 10.3. The van der Waals surface area contributed by atoms with Gasteiger partial charge >= 0.3 is 0 Å². The van der Waals surface area contributed by atoms with Crippen LogP contribution in [-0.2, 0) is 6.54 Å². The van der Waals surface area contributed by atoms with Crippen LogP contribution in [0, 0.1) is 0 Å². The molecule has 0 radical (unpaired) electrons. The van der Waals surface area contributed by atoms with Crippen LogP contribution in [0.3, 0.4) is 0 Å². The summed E-state index contributed by atoms with van der Waals surface area (Å²) in [5.41, 5.74) is 1.12. The standard InChI is InChI=1S/C8H11Cl2NS/c1-3-11(2)4-6-5-12-8(10)7(6)9/h5H,3-4H2,1-2H3. The SMILES string of the molecule is CCN(C)Cc1csc(Cl)c1Cl. The highest BCUT2D eigenvalue weighted by Crippen LogP contribution is 2.32. The van der Waals surface area contributed by atoms with Gasteiger partial charge < -0.3 is 4.90 Å². The number of hydrogen-bond donors (Lipinski definition) is 0. The highest BCUT2D eigenvalue weighted by atomic mass is 35.5. The van der Waals surface area contributed by atoms with Crippen LogP contribution in [0.25, 0.3) is 0 Å². The summed E-state index contributed by atoms with van der Waals surface area (Å²) in [6, 6.07) is 0. The van der Waals surface area contributed by atoms with Gasteiger partial charge in [-0.05, 0) is 24.5 Å². The van der Waals surface area contributed by atoms with E-state index in [0.717, 1.165) is 18.7 Å². The molecule has 0 N–H and O–H groups in total. The van der Waals surface area contributed by atoms with Gasteiger partial charge in [0, 0.05) is 6.54 Å². The van der Waals surface area contributed by atoms with Gasteiger partial charge in [0.1, 0.15) is 4.34 Å². The van der Waals surface area contributed by atoms with E-state index in [-0.39, 0.29) is 0 Å². The third-order valence-corrected chi connectivity index (χ3v) is 3.65. The molecule has 0 aromatic carbocycles. The lowest BCUT2D eigenvalue weighted by Crippen LogP contribution is -2.16. The molecule has 1 nitrogen and oxygen atoms in total. The fourth-order valence-electron chi connectivity index (χ4n) is 0.862. The minimum atomic E-state index is 0.691. The van der Waals surface area contributed by atoms with E-state index in [9.17, 15) is 0 Å². The number of nitrogens with zero attached hydrogens (tertiary/aromatic N) is 1. The molecule has 0 aliphatic carbocycles. The van der Waals surface area contributed by atoms with E-state index in [0.29, 0.717) is 9.36 Å². The first-order valence-electron chi connectivity index (χ1n) is 3.75. The average molecular weight is 224 g/mol. The molecule has 0 aliphatic rings. The van der Waals surface area contributed by atoms with Crippen LogP contribution >= 0.6 is 34.5 Å². The summed E-state index contributed by atoms with van der Waals surface area (Å²) in [6.45, 7) is 4.00. The summed E-state index contributed by atoms with van der Waals surface area (Å²) in [4.78, 5) is 2.18. The van der Waals surface area contributed by atoms with E-state index in [1.807, 2.05) is 5.38 Å². The maximum absolute atomic E-state index is 5.96. The Kier molecular flexibility index (Phi) is 3.84. The van der Waals surface area contributed by atoms with Crippen molar-refractivity contribution in [2.75, 3.05) is 13.6 Å². The van der Waals surface area contributed by atoms with Gasteiger partial charge in [0.25, 0.3) is 0 Å². The Morgan fingerprint density at radius 1 is 1.50 bits per heavy atom. The second-order valence-corrected chi connectivity index (χ2v) is 4.54. The molecule has 0 atom stereocenters. The lowest BCUT2D eigenvalue weighted by molar-refractivity contribution is 0.346. The van der Waals surface area contributed by atoms with Crippen LogP contribution in [-0.4, -0.2) is 18.5 Å².